The highest BCUT2D eigenvalue weighted by Crippen LogP contribution is 2.31. The van der Waals surface area contributed by atoms with Crippen LogP contribution in [0, 0.1) is 0 Å². The van der Waals surface area contributed by atoms with E-state index in [4.69, 9.17) is 9.56 Å². The second-order valence-electron chi connectivity index (χ2n) is 5.72. The first-order valence-corrected chi connectivity index (χ1v) is 10.2. The molecule has 0 aliphatic carbocycles. The summed E-state index contributed by atoms with van der Waals surface area (Å²) in [7, 11) is -4.00. The largest absolute Gasteiger partial charge is 0.451 e. The number of amides is 1. The summed E-state index contributed by atoms with van der Waals surface area (Å²) in [6.07, 6.45) is 1.04. The Labute approximate surface area is 158 Å². The number of nitrogens with one attached hydrogen (secondary N) is 1. The molecule has 0 saturated carbocycles. The predicted octanol–water partition coefficient (Wildman–Crippen LogP) is 3.46. The highest BCUT2D eigenvalue weighted by atomic mass is 32.2. The molecule has 2 heterocycles. The van der Waals surface area contributed by atoms with Crippen LogP contribution in [-0.4, -0.2) is 19.3 Å². The number of carbonyl (C=O) groups is 1. The first-order valence-electron chi connectivity index (χ1n) is 7.78. The fraction of sp³-hybridized carbons (Fsp3) is 0. The summed E-state index contributed by atoms with van der Waals surface area (Å²) in [6.45, 7) is 0. The lowest BCUT2D eigenvalue weighted by molar-refractivity contribution is 0.102. The molecule has 136 valence electrons. The van der Waals surface area contributed by atoms with E-state index >= 15 is 0 Å². The van der Waals surface area contributed by atoms with E-state index in [2.05, 4.69) is 10.3 Å². The van der Waals surface area contributed by atoms with Crippen molar-refractivity contribution in [1.82, 2.24) is 4.98 Å². The minimum atomic E-state index is -4.00. The van der Waals surface area contributed by atoms with Crippen LogP contribution in [-0.2, 0) is 10.0 Å². The second-order valence-corrected chi connectivity index (χ2v) is 8.07. The Balaban J connectivity index is 1.59. The van der Waals surface area contributed by atoms with Gasteiger partial charge in [-0.25, -0.2) is 18.5 Å². The molecule has 27 heavy (non-hydrogen) atoms. The monoisotopic (exact) mass is 399 g/mol. The molecule has 0 unspecified atom stereocenters. The van der Waals surface area contributed by atoms with Crippen molar-refractivity contribution >= 4 is 43.2 Å². The predicted molar refractivity (Wildman–Crippen MR) is 103 cm³/mol. The van der Waals surface area contributed by atoms with Gasteiger partial charge in [0.1, 0.15) is 6.26 Å². The van der Waals surface area contributed by atoms with Gasteiger partial charge < -0.3 is 4.42 Å². The van der Waals surface area contributed by atoms with Gasteiger partial charge in [-0.1, -0.05) is 42.5 Å². The Bertz CT molecular complexity index is 1250. The molecule has 0 fully saturated rings. The first-order chi connectivity index (χ1) is 12.9. The van der Waals surface area contributed by atoms with Gasteiger partial charge in [0.15, 0.2) is 5.13 Å². The van der Waals surface area contributed by atoms with Crippen molar-refractivity contribution < 1.29 is 17.6 Å². The Hall–Kier alpha value is -3.01. The summed E-state index contributed by atoms with van der Waals surface area (Å²) in [5.74, 6) is -0.535. The smallest absolute Gasteiger partial charge is 0.271 e. The number of aromatic nitrogens is 1. The lowest BCUT2D eigenvalue weighted by Gasteiger charge is -2.03. The average Bonchev–Trinajstić information content (AvgIpc) is 3.30. The summed E-state index contributed by atoms with van der Waals surface area (Å²) in [5.41, 5.74) is 1.75. The molecular weight excluding hydrogens is 386 g/mol. The number of thiazole rings is 1. The lowest BCUT2D eigenvalue weighted by Crippen LogP contribution is -2.12. The van der Waals surface area contributed by atoms with Gasteiger partial charge in [-0.15, -0.1) is 11.3 Å². The van der Waals surface area contributed by atoms with Crippen LogP contribution in [0.15, 0.2) is 69.7 Å². The van der Waals surface area contributed by atoms with Crippen LogP contribution in [0.5, 0.6) is 0 Å². The van der Waals surface area contributed by atoms with E-state index < -0.39 is 21.0 Å². The highest BCUT2D eigenvalue weighted by molar-refractivity contribution is 7.89. The van der Waals surface area contributed by atoms with Gasteiger partial charge >= 0.3 is 0 Å². The Morgan fingerprint density at radius 2 is 1.93 bits per heavy atom. The number of furan rings is 1. The Morgan fingerprint density at radius 1 is 1.15 bits per heavy atom. The van der Waals surface area contributed by atoms with Gasteiger partial charge in [0.25, 0.3) is 15.9 Å². The molecule has 0 aliphatic rings. The summed E-state index contributed by atoms with van der Waals surface area (Å²) in [4.78, 5) is 16.7. The van der Waals surface area contributed by atoms with E-state index in [1.807, 2.05) is 47.8 Å². The maximum absolute atomic E-state index is 12.3. The van der Waals surface area contributed by atoms with Crippen molar-refractivity contribution in [2.45, 2.75) is 5.09 Å². The van der Waals surface area contributed by atoms with E-state index in [0.717, 1.165) is 34.4 Å². The van der Waals surface area contributed by atoms with E-state index in [0.29, 0.717) is 5.13 Å². The number of sulfonamides is 1. The molecule has 4 aromatic rings. The minimum absolute atomic E-state index is 0.0425. The standard InChI is InChI=1S/C18H13N3O4S2/c19-27(23,24)16-8-12(9-25-16)17(22)21-18-20-15(10-26-18)14-7-3-5-11-4-1-2-6-13(11)14/h1-10H,(H2,19,23,24)(H,20,21,22). The number of benzene rings is 2. The molecule has 9 heteroatoms. The third-order valence-corrected chi connectivity index (χ3v) is 5.44. The van der Waals surface area contributed by atoms with Crippen molar-refractivity contribution in [2.24, 2.45) is 5.14 Å². The van der Waals surface area contributed by atoms with Crippen LogP contribution in [0.3, 0.4) is 0 Å². The lowest BCUT2D eigenvalue weighted by atomic mass is 10.0. The number of rotatable bonds is 4. The zero-order valence-electron chi connectivity index (χ0n) is 13.7. The fourth-order valence-corrected chi connectivity index (χ4v) is 3.84. The highest BCUT2D eigenvalue weighted by Gasteiger charge is 2.18. The third kappa shape index (κ3) is 3.47. The van der Waals surface area contributed by atoms with Crippen LogP contribution in [0.4, 0.5) is 5.13 Å². The minimum Gasteiger partial charge on any atom is -0.451 e. The van der Waals surface area contributed by atoms with Crippen molar-refractivity contribution in [2.75, 3.05) is 5.32 Å². The topological polar surface area (TPSA) is 115 Å². The van der Waals surface area contributed by atoms with Gasteiger partial charge in [0, 0.05) is 17.0 Å². The Morgan fingerprint density at radius 3 is 2.70 bits per heavy atom. The number of fused-ring (bicyclic) bond motifs is 1. The molecule has 2 aromatic carbocycles. The maximum atomic E-state index is 12.3. The van der Waals surface area contributed by atoms with Crippen LogP contribution < -0.4 is 10.5 Å². The molecule has 0 radical (unpaired) electrons. The molecule has 0 bridgehead atoms. The molecule has 3 N–H and O–H groups in total. The molecule has 0 saturated heterocycles. The molecule has 0 atom stereocenters. The summed E-state index contributed by atoms with van der Waals surface area (Å²) >= 11 is 1.27. The molecule has 1 amide bonds. The number of carbonyl (C=O) groups excluding carboxylic acids is 1. The van der Waals surface area contributed by atoms with Crippen LogP contribution in [0.25, 0.3) is 22.0 Å². The van der Waals surface area contributed by atoms with E-state index in [1.54, 1.807) is 0 Å². The zero-order valence-corrected chi connectivity index (χ0v) is 15.4. The van der Waals surface area contributed by atoms with Gasteiger partial charge in [0.05, 0.1) is 11.3 Å². The summed E-state index contributed by atoms with van der Waals surface area (Å²) in [5, 5.41) is 11.5. The second kappa shape index (κ2) is 6.62. The number of nitrogens with two attached hydrogens (primary N) is 1. The van der Waals surface area contributed by atoms with E-state index in [9.17, 15) is 13.2 Å². The molecule has 0 aliphatic heterocycles. The van der Waals surface area contributed by atoms with E-state index in [1.165, 1.54) is 11.3 Å². The Kier molecular flexibility index (Phi) is 4.27. The van der Waals surface area contributed by atoms with Crippen molar-refractivity contribution in [3.8, 4) is 11.3 Å². The normalized spacial score (nSPS) is 11.6. The first kappa shape index (κ1) is 17.4. The van der Waals surface area contributed by atoms with Gasteiger partial charge in [-0.3, -0.25) is 10.1 Å². The molecule has 4 rings (SSSR count). The van der Waals surface area contributed by atoms with Crippen LogP contribution >= 0.6 is 11.3 Å². The zero-order chi connectivity index (χ0) is 19.0. The molecule has 0 spiro atoms. The number of hydrogen-bond donors (Lipinski definition) is 2. The number of anilines is 1. The van der Waals surface area contributed by atoms with Gasteiger partial charge in [0.2, 0.25) is 5.09 Å². The molecule has 2 aromatic heterocycles. The maximum Gasteiger partial charge on any atom is 0.271 e. The van der Waals surface area contributed by atoms with Crippen molar-refractivity contribution in [3.05, 3.63) is 65.7 Å². The van der Waals surface area contributed by atoms with Crippen molar-refractivity contribution in [1.29, 1.82) is 0 Å². The van der Waals surface area contributed by atoms with Crippen LogP contribution in [0.2, 0.25) is 0 Å². The third-order valence-electron chi connectivity index (χ3n) is 3.91. The quantitative estimate of drug-likeness (QED) is 0.545. The van der Waals surface area contributed by atoms with Gasteiger partial charge in [-0.05, 0) is 10.8 Å². The number of primary sulfonamides is 1. The van der Waals surface area contributed by atoms with E-state index in [-0.39, 0.29) is 5.56 Å². The fourth-order valence-electron chi connectivity index (χ4n) is 2.66. The van der Waals surface area contributed by atoms with Crippen molar-refractivity contribution in [3.63, 3.8) is 0 Å². The van der Waals surface area contributed by atoms with Gasteiger partial charge in [-0.2, -0.15) is 0 Å². The summed E-state index contributed by atoms with van der Waals surface area (Å²) < 4.78 is 27.3. The molecule has 7 nitrogen and oxygen atoms in total. The number of hydrogen-bond acceptors (Lipinski definition) is 6. The number of nitrogens with zero attached hydrogens (tertiary/aromatic N) is 1. The average molecular weight is 399 g/mol. The summed E-state index contributed by atoms with van der Waals surface area (Å²) in [6, 6.07) is 15.0. The van der Waals surface area contributed by atoms with Crippen LogP contribution in [0.1, 0.15) is 10.4 Å². The molecular formula is C18H13N3O4S2. The SMILES string of the molecule is NS(=O)(=O)c1cc(C(=O)Nc2nc(-c3cccc4ccccc34)cs2)co1.